The van der Waals surface area contributed by atoms with E-state index in [2.05, 4.69) is 10.9 Å². The number of hydrogen-bond donors (Lipinski definition) is 3. The smallest absolute Gasteiger partial charge is 0.263 e. The van der Waals surface area contributed by atoms with Crippen LogP contribution in [0.4, 0.5) is 10.1 Å². The van der Waals surface area contributed by atoms with Crippen LogP contribution >= 0.6 is 23.2 Å². The third kappa shape index (κ3) is 3.23. The highest BCUT2D eigenvalue weighted by Crippen LogP contribution is 2.30. The molecule has 0 aliphatic carbocycles. The molecule has 1 aromatic rings. The molecule has 1 rings (SSSR count). The van der Waals surface area contributed by atoms with Gasteiger partial charge in [-0.25, -0.2) is 4.39 Å². The molecule has 0 saturated heterocycles. The number of aliphatic hydroxyl groups excluding tert-OH is 1. The Bertz CT molecular complexity index is 364. The van der Waals surface area contributed by atoms with Crippen LogP contribution in [-0.2, 0) is 4.79 Å². The van der Waals surface area contributed by atoms with Crippen LogP contribution < -0.4 is 10.9 Å². The average Bonchev–Trinajstić information content (AvgIpc) is 2.15. The average molecular weight is 253 g/mol. The van der Waals surface area contributed by atoms with Gasteiger partial charge < -0.3 is 5.11 Å². The zero-order valence-electron chi connectivity index (χ0n) is 7.35. The van der Waals surface area contributed by atoms with Crippen LogP contribution in [0.25, 0.3) is 0 Å². The van der Waals surface area contributed by atoms with Crippen molar-refractivity contribution in [2.75, 3.05) is 12.0 Å². The Morgan fingerprint density at radius 2 is 1.93 bits per heavy atom. The molecule has 0 bridgehead atoms. The lowest BCUT2D eigenvalue weighted by Gasteiger charge is -2.10. The highest BCUT2D eigenvalue weighted by Gasteiger charge is 2.08. The van der Waals surface area contributed by atoms with Crippen LogP contribution in [-0.4, -0.2) is 17.6 Å². The lowest BCUT2D eigenvalue weighted by Crippen LogP contribution is -2.31. The van der Waals surface area contributed by atoms with Gasteiger partial charge in [0.15, 0.2) is 0 Å². The fourth-order valence-corrected chi connectivity index (χ4v) is 1.39. The van der Waals surface area contributed by atoms with Gasteiger partial charge in [0, 0.05) is 0 Å². The number of carbonyl (C=O) groups excluding carboxylic acids is 1. The second-order valence-electron chi connectivity index (χ2n) is 2.58. The van der Waals surface area contributed by atoms with Crippen molar-refractivity contribution in [1.29, 1.82) is 0 Å². The van der Waals surface area contributed by atoms with Gasteiger partial charge in [-0.3, -0.25) is 15.6 Å². The van der Waals surface area contributed by atoms with E-state index in [1.54, 1.807) is 0 Å². The van der Waals surface area contributed by atoms with E-state index in [9.17, 15) is 9.18 Å². The molecule has 1 aromatic carbocycles. The fourth-order valence-electron chi connectivity index (χ4n) is 0.833. The minimum Gasteiger partial charge on any atom is -0.386 e. The van der Waals surface area contributed by atoms with E-state index in [0.29, 0.717) is 0 Å². The number of anilines is 1. The van der Waals surface area contributed by atoms with Crippen LogP contribution in [0.3, 0.4) is 0 Å². The van der Waals surface area contributed by atoms with Crippen molar-refractivity contribution >= 4 is 34.8 Å². The predicted octanol–water partition coefficient (Wildman–Crippen LogP) is 1.57. The van der Waals surface area contributed by atoms with Crippen LogP contribution in [0.15, 0.2) is 12.1 Å². The molecule has 15 heavy (non-hydrogen) atoms. The van der Waals surface area contributed by atoms with Gasteiger partial charge in [-0.05, 0) is 12.1 Å². The summed E-state index contributed by atoms with van der Waals surface area (Å²) >= 11 is 11.3. The summed E-state index contributed by atoms with van der Waals surface area (Å²) in [6, 6.07) is 2.09. The molecule has 0 fully saturated rings. The molecule has 1 amide bonds. The van der Waals surface area contributed by atoms with Crippen LogP contribution in [0.5, 0.6) is 0 Å². The second-order valence-corrected chi connectivity index (χ2v) is 3.39. The van der Waals surface area contributed by atoms with Gasteiger partial charge in [0.2, 0.25) is 0 Å². The summed E-state index contributed by atoms with van der Waals surface area (Å²) in [5, 5.41) is 8.47. The molecular formula is C8H7Cl2FN2O2. The molecule has 0 radical (unpaired) electrons. The molecule has 0 atom stereocenters. The maximum absolute atomic E-state index is 12.7. The van der Waals surface area contributed by atoms with E-state index in [-0.39, 0.29) is 15.7 Å². The molecule has 0 aromatic heterocycles. The van der Waals surface area contributed by atoms with Crippen molar-refractivity contribution in [2.24, 2.45) is 0 Å². The van der Waals surface area contributed by atoms with Gasteiger partial charge in [0.25, 0.3) is 5.91 Å². The Balaban J connectivity index is 2.81. The Labute approximate surface area is 95.0 Å². The van der Waals surface area contributed by atoms with Gasteiger partial charge in [-0.2, -0.15) is 0 Å². The van der Waals surface area contributed by atoms with Crippen LogP contribution in [0.2, 0.25) is 10.0 Å². The number of nitrogens with one attached hydrogen (secondary N) is 2. The first-order valence-electron chi connectivity index (χ1n) is 3.85. The Morgan fingerprint density at radius 3 is 2.40 bits per heavy atom. The molecular weight excluding hydrogens is 246 g/mol. The largest absolute Gasteiger partial charge is 0.386 e. The Hall–Kier alpha value is -1.04. The van der Waals surface area contributed by atoms with Gasteiger partial charge in [0.05, 0.1) is 15.7 Å². The monoisotopic (exact) mass is 252 g/mol. The van der Waals surface area contributed by atoms with Crippen LogP contribution in [0, 0.1) is 5.82 Å². The van der Waals surface area contributed by atoms with Crippen molar-refractivity contribution in [3.8, 4) is 0 Å². The van der Waals surface area contributed by atoms with Crippen molar-refractivity contribution in [3.63, 3.8) is 0 Å². The second kappa shape index (κ2) is 5.16. The Kier molecular flexibility index (Phi) is 4.14. The van der Waals surface area contributed by atoms with Gasteiger partial charge in [-0.15, -0.1) is 0 Å². The Morgan fingerprint density at radius 1 is 1.40 bits per heavy atom. The topological polar surface area (TPSA) is 61.4 Å². The number of amides is 1. The highest BCUT2D eigenvalue weighted by atomic mass is 35.5. The SMILES string of the molecule is O=C(CO)NNc1c(Cl)cc(F)cc1Cl. The normalized spacial score (nSPS) is 9.87. The summed E-state index contributed by atoms with van der Waals surface area (Å²) in [6.07, 6.45) is 0. The summed E-state index contributed by atoms with van der Waals surface area (Å²) in [7, 11) is 0. The third-order valence-corrected chi connectivity index (χ3v) is 2.07. The summed E-state index contributed by atoms with van der Waals surface area (Å²) in [6.45, 7) is -0.677. The summed E-state index contributed by atoms with van der Waals surface area (Å²) in [5.74, 6) is -1.24. The summed E-state index contributed by atoms with van der Waals surface area (Å²) in [5.41, 5.74) is 4.66. The molecule has 0 saturated carbocycles. The first kappa shape index (κ1) is 12.0. The highest BCUT2D eigenvalue weighted by molar-refractivity contribution is 6.39. The molecule has 0 spiro atoms. The number of benzene rings is 1. The van der Waals surface area contributed by atoms with Crippen molar-refractivity contribution in [3.05, 3.63) is 28.0 Å². The summed E-state index contributed by atoms with van der Waals surface area (Å²) < 4.78 is 12.7. The fraction of sp³-hybridized carbons (Fsp3) is 0.125. The number of hydrogen-bond acceptors (Lipinski definition) is 3. The third-order valence-electron chi connectivity index (χ3n) is 1.48. The number of carbonyl (C=O) groups is 1. The van der Waals surface area contributed by atoms with Crippen molar-refractivity contribution in [1.82, 2.24) is 5.43 Å². The van der Waals surface area contributed by atoms with Crippen molar-refractivity contribution < 1.29 is 14.3 Å². The zero-order chi connectivity index (χ0) is 11.4. The van der Waals surface area contributed by atoms with Gasteiger partial charge >= 0.3 is 0 Å². The van der Waals surface area contributed by atoms with E-state index in [1.165, 1.54) is 0 Å². The maximum Gasteiger partial charge on any atom is 0.263 e. The number of hydrazine groups is 1. The van der Waals surface area contributed by atoms with Gasteiger partial charge in [-0.1, -0.05) is 23.2 Å². The van der Waals surface area contributed by atoms with E-state index in [0.717, 1.165) is 12.1 Å². The quantitative estimate of drug-likeness (QED) is 0.716. The molecule has 0 heterocycles. The minimum absolute atomic E-state index is 0.0261. The van der Waals surface area contributed by atoms with E-state index >= 15 is 0 Å². The summed E-state index contributed by atoms with van der Waals surface area (Å²) in [4.78, 5) is 10.7. The molecule has 3 N–H and O–H groups in total. The van der Waals surface area contributed by atoms with Gasteiger partial charge in [0.1, 0.15) is 12.4 Å². The van der Waals surface area contributed by atoms with Crippen LogP contribution in [0.1, 0.15) is 0 Å². The zero-order valence-corrected chi connectivity index (χ0v) is 8.86. The molecule has 4 nitrogen and oxygen atoms in total. The first-order valence-corrected chi connectivity index (χ1v) is 4.60. The maximum atomic E-state index is 12.7. The van der Waals surface area contributed by atoms with E-state index in [1.807, 2.05) is 0 Å². The van der Waals surface area contributed by atoms with Crippen molar-refractivity contribution in [2.45, 2.75) is 0 Å². The minimum atomic E-state index is -0.677. The number of halogens is 3. The van der Waals surface area contributed by atoms with E-state index < -0.39 is 18.3 Å². The molecule has 7 heteroatoms. The molecule has 0 aliphatic heterocycles. The number of aliphatic hydroxyl groups is 1. The lowest BCUT2D eigenvalue weighted by molar-refractivity contribution is -0.123. The molecule has 0 aliphatic rings. The first-order chi connectivity index (χ1) is 7.04. The van der Waals surface area contributed by atoms with E-state index in [4.69, 9.17) is 28.3 Å². The lowest BCUT2D eigenvalue weighted by atomic mass is 10.3. The number of rotatable bonds is 3. The molecule has 0 unspecified atom stereocenters. The standard InChI is InChI=1S/C8H7Cl2FN2O2/c9-5-1-4(11)2-6(10)8(5)13-12-7(15)3-14/h1-2,13-14H,3H2,(H,12,15). The molecule has 82 valence electrons. The predicted molar refractivity (Wildman–Crippen MR) is 55.3 cm³/mol.